The number of hydrogen-bond donors (Lipinski definition) is 1. The third-order valence-corrected chi connectivity index (χ3v) is 2.48. The molecule has 0 radical (unpaired) electrons. The molecule has 0 aliphatic carbocycles. The number of nitrogens with zero attached hydrogens (tertiary/aromatic N) is 1. The van der Waals surface area contributed by atoms with Gasteiger partial charge in [0.1, 0.15) is 5.75 Å². The molecule has 1 N–H and O–H groups in total. The van der Waals surface area contributed by atoms with E-state index in [2.05, 4.69) is 0 Å². The summed E-state index contributed by atoms with van der Waals surface area (Å²) in [5.41, 5.74) is 0. The molecule has 0 aliphatic heterocycles. The lowest BCUT2D eigenvalue weighted by molar-refractivity contribution is -0.231. The molecule has 3 nitrogen and oxygen atoms in total. The highest BCUT2D eigenvalue weighted by Crippen LogP contribution is 2.19. The Morgan fingerprint density at radius 1 is 1.27 bits per heavy atom. The van der Waals surface area contributed by atoms with Crippen LogP contribution in [0.15, 0.2) is 30.3 Å². The van der Waals surface area contributed by atoms with Crippen LogP contribution in [0.1, 0.15) is 20.8 Å². The fraction of sp³-hybridized carbons (Fsp3) is 0.500. The molecule has 1 aromatic carbocycles. The molecule has 84 valence electrons. The molecule has 0 heterocycles. The van der Waals surface area contributed by atoms with E-state index in [1.54, 1.807) is 11.8 Å². The highest BCUT2D eigenvalue weighted by Gasteiger charge is 2.30. The van der Waals surface area contributed by atoms with E-state index < -0.39 is 5.91 Å². The van der Waals surface area contributed by atoms with Crippen molar-refractivity contribution in [3.05, 3.63) is 30.3 Å². The van der Waals surface area contributed by atoms with Crippen LogP contribution in [0.2, 0.25) is 0 Å². The van der Waals surface area contributed by atoms with E-state index in [9.17, 15) is 5.11 Å². The molecule has 15 heavy (non-hydrogen) atoms. The Kier molecular flexibility index (Phi) is 3.72. The topological polar surface area (TPSA) is 32.7 Å². The maximum Gasteiger partial charge on any atom is 0.267 e. The van der Waals surface area contributed by atoms with Gasteiger partial charge in [0.15, 0.2) is 0 Å². The molecule has 0 aromatic heterocycles. The van der Waals surface area contributed by atoms with Gasteiger partial charge in [-0.25, -0.2) is 4.90 Å². The van der Waals surface area contributed by atoms with Crippen LogP contribution in [0.4, 0.5) is 0 Å². The number of rotatable bonds is 4. The van der Waals surface area contributed by atoms with E-state index in [4.69, 9.17) is 4.74 Å². The van der Waals surface area contributed by atoms with Crippen LogP contribution in [0.3, 0.4) is 0 Å². The maximum atomic E-state index is 10.1. The van der Waals surface area contributed by atoms with Gasteiger partial charge in [0.2, 0.25) is 0 Å². The second-order valence-corrected chi connectivity index (χ2v) is 4.05. The van der Waals surface area contributed by atoms with E-state index in [1.807, 2.05) is 51.2 Å². The first-order valence-corrected chi connectivity index (χ1v) is 5.13. The Hall–Kier alpha value is -1.06. The lowest BCUT2D eigenvalue weighted by Crippen LogP contribution is -2.51. The fourth-order valence-corrected chi connectivity index (χ4v) is 1.26. The van der Waals surface area contributed by atoms with E-state index in [0.717, 1.165) is 0 Å². The van der Waals surface area contributed by atoms with Crippen molar-refractivity contribution in [1.29, 1.82) is 0 Å². The number of aliphatic hydroxyl groups is 1. The Bertz CT molecular complexity index is 296. The zero-order valence-electron chi connectivity index (χ0n) is 9.77. The Morgan fingerprint density at radius 2 is 1.80 bits per heavy atom. The minimum Gasteiger partial charge on any atom is -0.449 e. The molecule has 3 heteroatoms. The zero-order chi connectivity index (χ0) is 11.5. The monoisotopic (exact) mass is 209 g/mol. The quantitative estimate of drug-likeness (QED) is 0.770. The van der Waals surface area contributed by atoms with Crippen molar-refractivity contribution in [2.24, 2.45) is 0 Å². The van der Waals surface area contributed by atoms with Gasteiger partial charge in [-0.1, -0.05) is 18.2 Å². The van der Waals surface area contributed by atoms with Gasteiger partial charge in [-0.2, -0.15) is 0 Å². The van der Waals surface area contributed by atoms with Crippen molar-refractivity contribution in [2.75, 3.05) is 7.05 Å². The van der Waals surface area contributed by atoms with Gasteiger partial charge in [-0.15, -0.1) is 0 Å². The van der Waals surface area contributed by atoms with E-state index in [0.29, 0.717) is 5.75 Å². The van der Waals surface area contributed by atoms with Crippen LogP contribution < -0.4 is 4.74 Å². The number of benzene rings is 1. The third-order valence-electron chi connectivity index (χ3n) is 2.48. The first-order chi connectivity index (χ1) is 6.93. The Labute approximate surface area is 91.3 Å². The van der Waals surface area contributed by atoms with Gasteiger partial charge in [-0.3, -0.25) is 0 Å². The summed E-state index contributed by atoms with van der Waals surface area (Å²) in [6.45, 7) is 5.64. The predicted molar refractivity (Wildman–Crippen MR) is 60.6 cm³/mol. The van der Waals surface area contributed by atoms with Crippen LogP contribution in [-0.2, 0) is 0 Å². The highest BCUT2D eigenvalue weighted by atomic mass is 16.6. The summed E-state index contributed by atoms with van der Waals surface area (Å²) < 4.78 is 5.51. The molecule has 1 unspecified atom stereocenters. The molecule has 0 amide bonds. The average Bonchev–Trinajstić information content (AvgIpc) is 2.17. The predicted octanol–water partition coefficient (Wildman–Crippen LogP) is 2.07. The third kappa shape index (κ3) is 3.22. The number of hydrogen-bond acceptors (Lipinski definition) is 3. The van der Waals surface area contributed by atoms with E-state index in [-0.39, 0.29) is 6.04 Å². The van der Waals surface area contributed by atoms with Crippen molar-refractivity contribution in [3.63, 3.8) is 0 Å². The second-order valence-electron chi connectivity index (χ2n) is 4.05. The molecule has 1 aromatic rings. The largest absolute Gasteiger partial charge is 0.449 e. The van der Waals surface area contributed by atoms with Crippen LogP contribution in [-0.4, -0.2) is 29.0 Å². The van der Waals surface area contributed by atoms with E-state index in [1.165, 1.54) is 0 Å². The van der Waals surface area contributed by atoms with Crippen LogP contribution in [0.25, 0.3) is 0 Å². The lowest BCUT2D eigenvalue weighted by atomic mass is 10.3. The minimum atomic E-state index is -1.28. The van der Waals surface area contributed by atoms with Gasteiger partial charge < -0.3 is 9.84 Å². The van der Waals surface area contributed by atoms with Gasteiger partial charge in [0.25, 0.3) is 5.91 Å². The fourth-order valence-electron chi connectivity index (χ4n) is 1.26. The van der Waals surface area contributed by atoms with Crippen LogP contribution in [0.5, 0.6) is 5.75 Å². The van der Waals surface area contributed by atoms with Crippen molar-refractivity contribution in [1.82, 2.24) is 4.90 Å². The second kappa shape index (κ2) is 4.64. The maximum absolute atomic E-state index is 10.1. The molecule has 0 spiro atoms. The summed E-state index contributed by atoms with van der Waals surface area (Å²) in [5, 5.41) is 10.1. The normalized spacial score (nSPS) is 15.4. The average molecular weight is 209 g/mol. The van der Waals surface area contributed by atoms with E-state index >= 15 is 0 Å². The summed E-state index contributed by atoms with van der Waals surface area (Å²) >= 11 is 0. The molecular weight excluding hydrogens is 190 g/mol. The molecule has 1 rings (SSSR count). The molecular formula is C12H19NO2. The first kappa shape index (κ1) is 12.0. The van der Waals surface area contributed by atoms with Crippen molar-refractivity contribution < 1.29 is 9.84 Å². The summed E-state index contributed by atoms with van der Waals surface area (Å²) in [4.78, 5) is 1.76. The summed E-state index contributed by atoms with van der Waals surface area (Å²) in [5.74, 6) is -0.620. The van der Waals surface area contributed by atoms with Crippen molar-refractivity contribution in [2.45, 2.75) is 32.7 Å². The summed E-state index contributed by atoms with van der Waals surface area (Å²) in [6.07, 6.45) is 0. The molecule has 0 fully saturated rings. The van der Waals surface area contributed by atoms with Gasteiger partial charge in [0, 0.05) is 13.0 Å². The standard InChI is InChI=1S/C12H19NO2/c1-10(2)13(4)12(3,14)15-11-8-6-5-7-9-11/h5-10,14H,1-4H3. The Balaban J connectivity index is 2.72. The zero-order valence-corrected chi connectivity index (χ0v) is 9.77. The van der Waals surface area contributed by atoms with Crippen LogP contribution >= 0.6 is 0 Å². The van der Waals surface area contributed by atoms with Crippen LogP contribution in [0, 0.1) is 0 Å². The Morgan fingerprint density at radius 3 is 2.27 bits per heavy atom. The lowest BCUT2D eigenvalue weighted by Gasteiger charge is -2.36. The molecule has 1 atom stereocenters. The van der Waals surface area contributed by atoms with Crippen molar-refractivity contribution >= 4 is 0 Å². The summed E-state index contributed by atoms with van der Waals surface area (Å²) in [7, 11) is 1.83. The number of ether oxygens (including phenoxy) is 1. The van der Waals surface area contributed by atoms with Crippen molar-refractivity contribution in [3.8, 4) is 5.75 Å². The molecule has 0 aliphatic rings. The molecule has 0 saturated heterocycles. The summed E-state index contributed by atoms with van der Waals surface area (Å²) in [6, 6.07) is 9.52. The molecule has 0 saturated carbocycles. The van der Waals surface area contributed by atoms with Gasteiger partial charge >= 0.3 is 0 Å². The SMILES string of the molecule is CC(C)N(C)C(C)(O)Oc1ccccc1. The number of para-hydroxylation sites is 1. The van der Waals surface area contributed by atoms with Gasteiger partial charge in [-0.05, 0) is 33.0 Å². The smallest absolute Gasteiger partial charge is 0.267 e. The minimum absolute atomic E-state index is 0.212. The highest BCUT2D eigenvalue weighted by molar-refractivity contribution is 5.21. The first-order valence-electron chi connectivity index (χ1n) is 5.13. The molecule has 0 bridgehead atoms. The van der Waals surface area contributed by atoms with Gasteiger partial charge in [0.05, 0.1) is 0 Å².